The normalized spacial score (nSPS) is 17.4. The maximum Gasteiger partial charge on any atom is 0.193 e. The number of aryl methyl sites for hydroxylation is 1. The summed E-state index contributed by atoms with van der Waals surface area (Å²) >= 11 is 0. The highest BCUT2D eigenvalue weighted by molar-refractivity contribution is 5.93. The van der Waals surface area contributed by atoms with Crippen molar-refractivity contribution in [2.45, 2.75) is 32.2 Å². The number of morpholine rings is 1. The van der Waals surface area contributed by atoms with Crippen LogP contribution in [0.2, 0.25) is 0 Å². The van der Waals surface area contributed by atoms with E-state index in [0.717, 1.165) is 62.7 Å². The maximum absolute atomic E-state index is 6.21. The Morgan fingerprint density at radius 2 is 1.90 bits per heavy atom. The molecule has 1 aliphatic carbocycles. The van der Waals surface area contributed by atoms with E-state index in [9.17, 15) is 0 Å². The Labute approximate surface area is 179 Å². The van der Waals surface area contributed by atoms with Gasteiger partial charge in [0.15, 0.2) is 5.96 Å². The lowest BCUT2D eigenvalue weighted by Crippen LogP contribution is -2.38. The maximum atomic E-state index is 6.21. The first-order valence-corrected chi connectivity index (χ1v) is 11.0. The standard InChI is InChI=1S/C24H32N4O2/c25-24(27-22-10-5-8-19-6-1-3-9-21(19)22)26-18-20-7-2-4-11-23(20)30-17-14-28-12-15-29-16-13-28/h2,4-5,7-8,10-11H,1,3,6,9,12-18H2,(H3,25,26,27). The number of fused-ring (bicyclic) bond motifs is 1. The van der Waals surface area contributed by atoms with Gasteiger partial charge in [-0.25, -0.2) is 4.99 Å². The number of hydrogen-bond donors (Lipinski definition) is 2. The number of hydrogen-bond acceptors (Lipinski definition) is 4. The van der Waals surface area contributed by atoms with Crippen LogP contribution in [-0.4, -0.2) is 50.3 Å². The molecule has 2 aliphatic rings. The van der Waals surface area contributed by atoms with Crippen molar-refractivity contribution in [1.82, 2.24) is 4.90 Å². The van der Waals surface area contributed by atoms with Gasteiger partial charge < -0.3 is 20.5 Å². The van der Waals surface area contributed by atoms with E-state index in [1.165, 1.54) is 24.0 Å². The number of para-hydroxylation sites is 1. The Morgan fingerprint density at radius 3 is 2.80 bits per heavy atom. The molecule has 1 heterocycles. The molecule has 2 aromatic carbocycles. The van der Waals surface area contributed by atoms with Crippen LogP contribution in [0.1, 0.15) is 29.5 Å². The van der Waals surface area contributed by atoms with Gasteiger partial charge in [0, 0.05) is 30.9 Å². The van der Waals surface area contributed by atoms with Crippen LogP contribution in [0.25, 0.3) is 0 Å². The largest absolute Gasteiger partial charge is 0.492 e. The molecule has 0 amide bonds. The van der Waals surface area contributed by atoms with Gasteiger partial charge in [0.25, 0.3) is 0 Å². The second-order valence-electron chi connectivity index (χ2n) is 7.89. The van der Waals surface area contributed by atoms with Crippen LogP contribution < -0.4 is 15.8 Å². The zero-order valence-electron chi connectivity index (χ0n) is 17.6. The van der Waals surface area contributed by atoms with E-state index in [0.29, 0.717) is 19.1 Å². The molecule has 30 heavy (non-hydrogen) atoms. The van der Waals surface area contributed by atoms with Crippen molar-refractivity contribution in [3.8, 4) is 5.75 Å². The van der Waals surface area contributed by atoms with Crippen molar-refractivity contribution in [3.05, 3.63) is 59.2 Å². The molecule has 0 radical (unpaired) electrons. The number of aliphatic imine (C=N–C) groups is 1. The lowest BCUT2D eigenvalue weighted by atomic mass is 9.90. The molecule has 0 bridgehead atoms. The first-order chi connectivity index (χ1) is 14.8. The molecule has 0 unspecified atom stereocenters. The fourth-order valence-corrected chi connectivity index (χ4v) is 4.13. The fourth-order valence-electron chi connectivity index (χ4n) is 4.13. The zero-order chi connectivity index (χ0) is 20.6. The van der Waals surface area contributed by atoms with E-state index in [-0.39, 0.29) is 0 Å². The van der Waals surface area contributed by atoms with Crippen molar-refractivity contribution in [1.29, 1.82) is 0 Å². The summed E-state index contributed by atoms with van der Waals surface area (Å²) in [6, 6.07) is 14.5. The molecule has 6 nitrogen and oxygen atoms in total. The fraction of sp³-hybridized carbons (Fsp3) is 0.458. The highest BCUT2D eigenvalue weighted by Crippen LogP contribution is 2.27. The average molecular weight is 409 g/mol. The number of nitrogens with one attached hydrogen (secondary N) is 1. The summed E-state index contributed by atoms with van der Waals surface area (Å²) in [6.45, 7) is 5.61. The summed E-state index contributed by atoms with van der Waals surface area (Å²) in [4.78, 5) is 6.94. The number of rotatable bonds is 7. The SMILES string of the molecule is NC(=NCc1ccccc1OCCN1CCOCC1)Nc1cccc2c1CCCC2. The van der Waals surface area contributed by atoms with Crippen molar-refractivity contribution in [3.63, 3.8) is 0 Å². The molecule has 6 heteroatoms. The number of ether oxygens (including phenoxy) is 2. The third kappa shape index (κ3) is 5.52. The Morgan fingerprint density at radius 1 is 1.07 bits per heavy atom. The van der Waals surface area contributed by atoms with E-state index in [1.807, 2.05) is 24.3 Å². The quantitative estimate of drug-likeness (QED) is 0.544. The summed E-state index contributed by atoms with van der Waals surface area (Å²) in [6.07, 6.45) is 4.75. The van der Waals surface area contributed by atoms with Crippen LogP contribution in [-0.2, 0) is 24.1 Å². The van der Waals surface area contributed by atoms with Crippen molar-refractivity contribution < 1.29 is 9.47 Å². The lowest BCUT2D eigenvalue weighted by Gasteiger charge is -2.26. The summed E-state index contributed by atoms with van der Waals surface area (Å²) in [5.74, 6) is 1.32. The highest BCUT2D eigenvalue weighted by Gasteiger charge is 2.13. The van der Waals surface area contributed by atoms with Crippen molar-refractivity contribution in [2.24, 2.45) is 10.7 Å². The summed E-state index contributed by atoms with van der Waals surface area (Å²) in [5.41, 5.74) is 11.2. The second kappa shape index (κ2) is 10.5. The number of benzene rings is 2. The van der Waals surface area contributed by atoms with Crippen LogP contribution >= 0.6 is 0 Å². The van der Waals surface area contributed by atoms with Crippen molar-refractivity contribution >= 4 is 11.6 Å². The van der Waals surface area contributed by atoms with E-state index >= 15 is 0 Å². The van der Waals surface area contributed by atoms with Gasteiger partial charge in [-0.2, -0.15) is 0 Å². The minimum Gasteiger partial charge on any atom is -0.492 e. The van der Waals surface area contributed by atoms with Gasteiger partial charge in [-0.05, 0) is 48.9 Å². The van der Waals surface area contributed by atoms with Crippen LogP contribution in [0, 0.1) is 0 Å². The molecule has 1 saturated heterocycles. The predicted octanol–water partition coefficient (Wildman–Crippen LogP) is 3.20. The Hall–Kier alpha value is -2.57. The topological polar surface area (TPSA) is 72.1 Å². The summed E-state index contributed by atoms with van der Waals surface area (Å²) < 4.78 is 11.4. The van der Waals surface area contributed by atoms with Crippen molar-refractivity contribution in [2.75, 3.05) is 44.8 Å². The molecule has 0 atom stereocenters. The Kier molecular flexibility index (Phi) is 7.21. The number of anilines is 1. The molecule has 3 N–H and O–H groups in total. The Balaban J connectivity index is 1.34. The monoisotopic (exact) mass is 408 g/mol. The van der Waals surface area contributed by atoms with E-state index in [4.69, 9.17) is 15.2 Å². The van der Waals surface area contributed by atoms with Gasteiger partial charge in [0.1, 0.15) is 12.4 Å². The van der Waals surface area contributed by atoms with Gasteiger partial charge in [-0.3, -0.25) is 4.90 Å². The van der Waals surface area contributed by atoms with E-state index < -0.39 is 0 Å². The van der Waals surface area contributed by atoms with Crippen LogP contribution in [0.3, 0.4) is 0 Å². The van der Waals surface area contributed by atoms with Crippen LogP contribution in [0.4, 0.5) is 5.69 Å². The third-order valence-electron chi connectivity index (χ3n) is 5.82. The molecular weight excluding hydrogens is 376 g/mol. The first kappa shape index (κ1) is 20.7. The summed E-state index contributed by atoms with van der Waals surface area (Å²) in [7, 11) is 0. The minimum atomic E-state index is 0.442. The second-order valence-corrected chi connectivity index (χ2v) is 7.89. The van der Waals surface area contributed by atoms with Crippen LogP contribution in [0.5, 0.6) is 5.75 Å². The van der Waals surface area contributed by atoms with E-state index in [1.54, 1.807) is 0 Å². The number of guanidine groups is 1. The molecule has 0 spiro atoms. The molecule has 1 aliphatic heterocycles. The number of nitrogens with two attached hydrogens (primary N) is 1. The average Bonchev–Trinajstić information content (AvgIpc) is 2.79. The lowest BCUT2D eigenvalue weighted by molar-refractivity contribution is 0.0322. The predicted molar refractivity (Wildman–Crippen MR) is 121 cm³/mol. The highest BCUT2D eigenvalue weighted by atomic mass is 16.5. The number of nitrogens with zero attached hydrogens (tertiary/aromatic N) is 2. The van der Waals surface area contributed by atoms with E-state index in [2.05, 4.69) is 33.4 Å². The van der Waals surface area contributed by atoms with Gasteiger partial charge in [-0.15, -0.1) is 0 Å². The molecular formula is C24H32N4O2. The molecule has 4 rings (SSSR count). The third-order valence-corrected chi connectivity index (χ3v) is 5.82. The molecule has 0 saturated carbocycles. The van der Waals surface area contributed by atoms with Gasteiger partial charge in [0.2, 0.25) is 0 Å². The summed E-state index contributed by atoms with van der Waals surface area (Å²) in [5, 5.41) is 3.31. The molecule has 160 valence electrons. The molecule has 1 fully saturated rings. The first-order valence-electron chi connectivity index (χ1n) is 11.0. The minimum absolute atomic E-state index is 0.442. The Bertz CT molecular complexity index is 862. The van der Waals surface area contributed by atoms with Gasteiger partial charge in [-0.1, -0.05) is 30.3 Å². The smallest absolute Gasteiger partial charge is 0.193 e. The van der Waals surface area contributed by atoms with Crippen LogP contribution in [0.15, 0.2) is 47.5 Å². The van der Waals surface area contributed by atoms with Gasteiger partial charge in [0.05, 0.1) is 19.8 Å². The van der Waals surface area contributed by atoms with Gasteiger partial charge >= 0.3 is 0 Å². The zero-order valence-corrected chi connectivity index (χ0v) is 17.6. The molecule has 0 aromatic heterocycles. The molecule has 2 aromatic rings.